The van der Waals surface area contributed by atoms with E-state index in [1.807, 2.05) is 29.2 Å². The van der Waals surface area contributed by atoms with E-state index in [0.717, 1.165) is 31.8 Å². The van der Waals surface area contributed by atoms with E-state index in [0.29, 0.717) is 18.8 Å². The second kappa shape index (κ2) is 10.1. The summed E-state index contributed by atoms with van der Waals surface area (Å²) in [6.07, 6.45) is 0.886. The van der Waals surface area contributed by atoms with E-state index in [1.165, 1.54) is 27.8 Å². The number of benzene rings is 3. The average Bonchev–Trinajstić information content (AvgIpc) is 3.33. The molecule has 34 heavy (non-hydrogen) atoms. The van der Waals surface area contributed by atoms with Crippen molar-refractivity contribution in [2.45, 2.75) is 39.5 Å². The van der Waals surface area contributed by atoms with Gasteiger partial charge in [0.15, 0.2) is 5.76 Å². The lowest BCUT2D eigenvalue weighted by Crippen LogP contribution is -2.35. The lowest BCUT2D eigenvalue weighted by Gasteiger charge is -2.28. The van der Waals surface area contributed by atoms with Crippen molar-refractivity contribution >= 4 is 5.91 Å². The van der Waals surface area contributed by atoms with Crippen LogP contribution in [0.25, 0.3) is 0 Å². The first-order valence-electron chi connectivity index (χ1n) is 11.9. The van der Waals surface area contributed by atoms with E-state index in [1.54, 1.807) is 0 Å². The molecule has 172 valence electrons. The number of rotatable bonds is 7. The predicted octanol–water partition coefficient (Wildman–Crippen LogP) is 5.99. The fourth-order valence-electron chi connectivity index (χ4n) is 4.58. The number of amides is 1. The molecule has 0 saturated heterocycles. The zero-order valence-corrected chi connectivity index (χ0v) is 19.6. The van der Waals surface area contributed by atoms with Crippen molar-refractivity contribution in [2.75, 3.05) is 6.54 Å². The van der Waals surface area contributed by atoms with Gasteiger partial charge in [-0.3, -0.25) is 9.69 Å². The number of hydrogen-bond donors (Lipinski definition) is 0. The zero-order valence-electron chi connectivity index (χ0n) is 19.6. The molecule has 1 amide bonds. The van der Waals surface area contributed by atoms with Crippen molar-refractivity contribution in [3.63, 3.8) is 0 Å². The largest absolute Gasteiger partial charge is 0.455 e. The van der Waals surface area contributed by atoms with Crippen LogP contribution in [-0.2, 0) is 32.6 Å². The minimum atomic E-state index is -0.0334. The third-order valence-electron chi connectivity index (χ3n) is 6.45. The van der Waals surface area contributed by atoms with E-state index in [2.05, 4.69) is 78.6 Å². The number of furan rings is 1. The summed E-state index contributed by atoms with van der Waals surface area (Å²) in [7, 11) is 0. The average molecular weight is 451 g/mol. The van der Waals surface area contributed by atoms with Gasteiger partial charge in [0.25, 0.3) is 5.91 Å². The van der Waals surface area contributed by atoms with Gasteiger partial charge in [-0.15, -0.1) is 0 Å². The van der Waals surface area contributed by atoms with Crippen molar-refractivity contribution in [3.8, 4) is 0 Å². The Morgan fingerprint density at radius 2 is 1.47 bits per heavy atom. The zero-order chi connectivity index (χ0) is 23.3. The van der Waals surface area contributed by atoms with Gasteiger partial charge in [0.2, 0.25) is 0 Å². The highest BCUT2D eigenvalue weighted by Gasteiger charge is 2.24. The highest BCUT2D eigenvalue weighted by molar-refractivity contribution is 5.91. The summed E-state index contributed by atoms with van der Waals surface area (Å²) in [6.45, 7) is 5.72. The second-order valence-corrected chi connectivity index (χ2v) is 9.13. The minimum absolute atomic E-state index is 0.0334. The lowest BCUT2D eigenvalue weighted by molar-refractivity contribution is 0.0698. The van der Waals surface area contributed by atoms with Crippen molar-refractivity contribution in [2.24, 2.45) is 0 Å². The molecule has 0 N–H and O–H groups in total. The molecule has 0 unspecified atom stereocenters. The Kier molecular flexibility index (Phi) is 6.59. The first-order chi connectivity index (χ1) is 16.6. The van der Waals surface area contributed by atoms with Crippen LogP contribution in [0.3, 0.4) is 0 Å². The highest BCUT2D eigenvalue weighted by atomic mass is 16.4. The van der Waals surface area contributed by atoms with E-state index in [4.69, 9.17) is 4.42 Å². The molecule has 4 aromatic rings. The normalized spacial score (nSPS) is 13.2. The molecular weight excluding hydrogens is 420 g/mol. The van der Waals surface area contributed by atoms with Crippen molar-refractivity contribution in [1.29, 1.82) is 0 Å². The number of carbonyl (C=O) groups excluding carboxylic acids is 1. The highest BCUT2D eigenvalue weighted by Crippen LogP contribution is 2.22. The van der Waals surface area contributed by atoms with Crippen molar-refractivity contribution < 1.29 is 9.21 Å². The Labute approximate surface area is 201 Å². The number of carbonyl (C=O) groups is 1. The van der Waals surface area contributed by atoms with E-state index in [9.17, 15) is 4.79 Å². The SMILES string of the molecule is Cc1ccc(CN(Cc2ccccc2)Cc2ccc(C(=O)N3CCc4ccccc4C3)o2)cc1. The van der Waals surface area contributed by atoms with Gasteiger partial charge in [-0.05, 0) is 47.7 Å². The van der Waals surface area contributed by atoms with Crippen LogP contribution in [-0.4, -0.2) is 22.3 Å². The molecule has 0 radical (unpaired) electrons. The third-order valence-corrected chi connectivity index (χ3v) is 6.45. The minimum Gasteiger partial charge on any atom is -0.455 e. The summed E-state index contributed by atoms with van der Waals surface area (Å²) >= 11 is 0. The third kappa shape index (κ3) is 5.29. The van der Waals surface area contributed by atoms with Crippen molar-refractivity contribution in [1.82, 2.24) is 9.80 Å². The molecule has 2 heterocycles. The van der Waals surface area contributed by atoms with Crippen LogP contribution < -0.4 is 0 Å². The second-order valence-electron chi connectivity index (χ2n) is 9.13. The predicted molar refractivity (Wildman–Crippen MR) is 134 cm³/mol. The Morgan fingerprint density at radius 3 is 2.24 bits per heavy atom. The first kappa shape index (κ1) is 22.2. The van der Waals surface area contributed by atoms with Gasteiger partial charge in [0.1, 0.15) is 5.76 Å². The van der Waals surface area contributed by atoms with Gasteiger partial charge in [0, 0.05) is 26.2 Å². The monoisotopic (exact) mass is 450 g/mol. The van der Waals surface area contributed by atoms with Gasteiger partial charge < -0.3 is 9.32 Å². The molecule has 0 aliphatic carbocycles. The molecule has 1 aliphatic rings. The van der Waals surface area contributed by atoms with Crippen LogP contribution >= 0.6 is 0 Å². The molecule has 0 atom stereocenters. The summed E-state index contributed by atoms with van der Waals surface area (Å²) in [6, 6.07) is 31.2. The molecule has 4 nitrogen and oxygen atoms in total. The van der Waals surface area contributed by atoms with Crippen molar-refractivity contribution in [3.05, 3.63) is 130 Å². The van der Waals surface area contributed by atoms with Crippen LogP contribution in [0.1, 0.15) is 44.1 Å². The Balaban J connectivity index is 1.29. The quantitative estimate of drug-likeness (QED) is 0.347. The Hall–Kier alpha value is -3.63. The maximum Gasteiger partial charge on any atom is 0.289 e. The topological polar surface area (TPSA) is 36.7 Å². The summed E-state index contributed by atoms with van der Waals surface area (Å²) in [5, 5.41) is 0. The number of nitrogens with zero attached hydrogens (tertiary/aromatic N) is 2. The van der Waals surface area contributed by atoms with Crippen LogP contribution in [0.5, 0.6) is 0 Å². The van der Waals surface area contributed by atoms with Gasteiger partial charge in [-0.2, -0.15) is 0 Å². The molecule has 1 aliphatic heterocycles. The summed E-state index contributed by atoms with van der Waals surface area (Å²) in [4.78, 5) is 17.4. The molecule has 4 heteroatoms. The summed E-state index contributed by atoms with van der Waals surface area (Å²) in [5.41, 5.74) is 6.33. The van der Waals surface area contributed by atoms with Crippen LogP contribution in [0, 0.1) is 6.92 Å². The van der Waals surface area contributed by atoms with Gasteiger partial charge in [-0.25, -0.2) is 0 Å². The summed E-state index contributed by atoms with van der Waals surface area (Å²) < 4.78 is 6.08. The molecular formula is C30H30N2O2. The molecule has 0 saturated carbocycles. The fourth-order valence-corrected chi connectivity index (χ4v) is 4.58. The maximum atomic E-state index is 13.1. The van der Waals surface area contributed by atoms with E-state index >= 15 is 0 Å². The van der Waals surface area contributed by atoms with E-state index in [-0.39, 0.29) is 5.91 Å². The Bertz CT molecular complexity index is 1240. The van der Waals surface area contributed by atoms with Crippen LogP contribution in [0.2, 0.25) is 0 Å². The number of fused-ring (bicyclic) bond motifs is 1. The van der Waals surface area contributed by atoms with Crippen LogP contribution in [0.4, 0.5) is 0 Å². The van der Waals surface area contributed by atoms with Crippen LogP contribution in [0.15, 0.2) is 95.4 Å². The van der Waals surface area contributed by atoms with Gasteiger partial charge in [-0.1, -0.05) is 84.4 Å². The van der Waals surface area contributed by atoms with Gasteiger partial charge in [0.05, 0.1) is 6.54 Å². The standard InChI is InChI=1S/C30H30N2O2/c1-23-11-13-25(14-12-23)20-31(19-24-7-3-2-4-8-24)22-28-15-16-29(34-28)30(33)32-18-17-26-9-5-6-10-27(26)21-32/h2-16H,17-22H2,1H3. The Morgan fingerprint density at radius 1 is 0.794 bits per heavy atom. The molecule has 1 aromatic heterocycles. The first-order valence-corrected chi connectivity index (χ1v) is 11.9. The molecule has 3 aromatic carbocycles. The fraction of sp³-hybridized carbons (Fsp3) is 0.233. The van der Waals surface area contributed by atoms with Gasteiger partial charge >= 0.3 is 0 Å². The molecule has 5 rings (SSSR count). The molecule has 0 bridgehead atoms. The maximum absolute atomic E-state index is 13.1. The number of hydrogen-bond acceptors (Lipinski definition) is 3. The smallest absolute Gasteiger partial charge is 0.289 e. The lowest BCUT2D eigenvalue weighted by atomic mass is 10.00. The summed E-state index contributed by atoms with van der Waals surface area (Å²) in [5.74, 6) is 1.20. The molecule has 0 fully saturated rings. The molecule has 0 spiro atoms. The number of aryl methyl sites for hydroxylation is 1. The van der Waals surface area contributed by atoms with E-state index < -0.39 is 0 Å².